The summed E-state index contributed by atoms with van der Waals surface area (Å²) in [6.45, 7) is 0.781. The summed E-state index contributed by atoms with van der Waals surface area (Å²) in [5.41, 5.74) is 4.33. The molecule has 1 aliphatic rings. The number of rotatable bonds is 3. The second-order valence-corrected chi connectivity index (χ2v) is 5.21. The molecule has 2 aromatic carbocycles. The van der Waals surface area contributed by atoms with Crippen molar-refractivity contribution in [3.05, 3.63) is 47.5 Å². The van der Waals surface area contributed by atoms with E-state index in [1.165, 1.54) is 17.5 Å². The molecule has 98 valence electrons. The Morgan fingerprint density at radius 3 is 2.89 bits per heavy atom. The van der Waals surface area contributed by atoms with Gasteiger partial charge in [0, 0.05) is 6.42 Å². The van der Waals surface area contributed by atoms with E-state index in [2.05, 4.69) is 6.07 Å². The Morgan fingerprint density at radius 1 is 1.21 bits per heavy atom. The maximum Gasteiger partial charge on any atom is 0.137 e. The molecule has 0 aromatic heterocycles. The number of ether oxygens (including phenoxy) is 1. The number of aliphatic hydroxyl groups is 1. The lowest BCUT2D eigenvalue weighted by atomic mass is 10.0. The predicted molar refractivity (Wildman–Crippen MR) is 77.0 cm³/mol. The summed E-state index contributed by atoms with van der Waals surface area (Å²) in [5, 5.41) is 14.9. The normalized spacial score (nSPS) is 13.2. The van der Waals surface area contributed by atoms with Gasteiger partial charge in [0.15, 0.2) is 0 Å². The topological polar surface area (TPSA) is 55.5 Å². The molecule has 3 rings (SSSR count). The molecule has 0 amide bonds. The van der Waals surface area contributed by atoms with E-state index in [1.807, 2.05) is 30.3 Å². The molecule has 2 aromatic rings. The van der Waals surface area contributed by atoms with Crippen LogP contribution in [0.5, 0.6) is 5.75 Å². The first kappa shape index (κ1) is 12.5. The molecule has 1 aliphatic heterocycles. The van der Waals surface area contributed by atoms with Crippen LogP contribution in [0.4, 0.5) is 0 Å². The number of aliphatic hydroxyl groups excluding tert-OH is 1. The van der Waals surface area contributed by atoms with Crippen LogP contribution < -0.4 is 9.88 Å². The summed E-state index contributed by atoms with van der Waals surface area (Å²) in [6, 6.07) is 12.1. The molecule has 3 N–H and O–H groups in total. The molecule has 1 heterocycles. The van der Waals surface area contributed by atoms with Gasteiger partial charge in [0.05, 0.1) is 18.1 Å². The minimum absolute atomic E-state index is 0.0559. The van der Waals surface area contributed by atoms with Crippen molar-refractivity contribution in [2.45, 2.75) is 17.9 Å². The fourth-order valence-corrected chi connectivity index (χ4v) is 2.87. The lowest BCUT2D eigenvalue weighted by molar-refractivity contribution is 0.282. The maximum absolute atomic E-state index is 9.22. The molecular formula is C15H15NO2S. The standard InChI is InChI=1S/C15H15NO2S/c16-19-14-8-13(7-12-4-5-18-15(12)14)11-3-1-2-10(6-11)9-17/h1-3,6-8,17H,4-5,9,16H2. The average Bonchev–Trinajstić information content (AvgIpc) is 2.94. The highest BCUT2D eigenvalue weighted by atomic mass is 32.2. The van der Waals surface area contributed by atoms with Gasteiger partial charge >= 0.3 is 0 Å². The molecule has 0 bridgehead atoms. The molecule has 0 aliphatic carbocycles. The molecule has 0 saturated carbocycles. The van der Waals surface area contributed by atoms with Gasteiger partial charge in [0.2, 0.25) is 0 Å². The maximum atomic E-state index is 9.22. The largest absolute Gasteiger partial charge is 0.492 e. The Kier molecular flexibility index (Phi) is 3.46. The van der Waals surface area contributed by atoms with E-state index in [9.17, 15) is 5.11 Å². The zero-order valence-electron chi connectivity index (χ0n) is 10.4. The molecule has 3 nitrogen and oxygen atoms in total. The molecule has 4 heteroatoms. The van der Waals surface area contributed by atoms with Gasteiger partial charge in [-0.15, -0.1) is 0 Å². The summed E-state index contributed by atoms with van der Waals surface area (Å²) in [7, 11) is 0. The number of fused-ring (bicyclic) bond motifs is 1. The Balaban J connectivity index is 2.10. The molecule has 0 spiro atoms. The summed E-state index contributed by atoms with van der Waals surface area (Å²) in [4.78, 5) is 0.972. The SMILES string of the molecule is NSc1cc(-c2cccc(CO)c2)cc2c1OCC2. The van der Waals surface area contributed by atoms with Gasteiger partial charge in [-0.25, -0.2) is 0 Å². The highest BCUT2D eigenvalue weighted by Gasteiger charge is 2.18. The van der Waals surface area contributed by atoms with Gasteiger partial charge in [0.25, 0.3) is 0 Å². The van der Waals surface area contributed by atoms with E-state index < -0.39 is 0 Å². The van der Waals surface area contributed by atoms with Crippen LogP contribution in [0.2, 0.25) is 0 Å². The van der Waals surface area contributed by atoms with Gasteiger partial charge in [-0.3, -0.25) is 5.14 Å². The third-order valence-electron chi connectivity index (χ3n) is 3.32. The van der Waals surface area contributed by atoms with Crippen molar-refractivity contribution in [1.82, 2.24) is 0 Å². The van der Waals surface area contributed by atoms with E-state index in [4.69, 9.17) is 9.88 Å². The van der Waals surface area contributed by atoms with Crippen LogP contribution in [0.25, 0.3) is 11.1 Å². The van der Waals surface area contributed by atoms with Crippen LogP contribution in [0.3, 0.4) is 0 Å². The van der Waals surface area contributed by atoms with E-state index in [1.54, 1.807) is 0 Å². The van der Waals surface area contributed by atoms with Gasteiger partial charge < -0.3 is 9.84 Å². The summed E-state index contributed by atoms with van der Waals surface area (Å²) >= 11 is 1.22. The Labute approximate surface area is 116 Å². The van der Waals surface area contributed by atoms with Gasteiger partial charge in [-0.05, 0) is 52.4 Å². The number of benzene rings is 2. The monoisotopic (exact) mass is 273 g/mol. The van der Waals surface area contributed by atoms with E-state index in [0.717, 1.165) is 40.4 Å². The second-order valence-electron chi connectivity index (χ2n) is 4.54. The van der Waals surface area contributed by atoms with Gasteiger partial charge in [-0.1, -0.05) is 18.2 Å². The molecule has 19 heavy (non-hydrogen) atoms. The van der Waals surface area contributed by atoms with Crippen LogP contribution in [-0.2, 0) is 13.0 Å². The fourth-order valence-electron chi connectivity index (χ4n) is 2.38. The quantitative estimate of drug-likeness (QED) is 0.844. The minimum atomic E-state index is 0.0559. The smallest absolute Gasteiger partial charge is 0.137 e. The Hall–Kier alpha value is -1.49. The third kappa shape index (κ3) is 2.34. The van der Waals surface area contributed by atoms with Crippen molar-refractivity contribution in [3.63, 3.8) is 0 Å². The second kappa shape index (κ2) is 5.25. The first-order valence-electron chi connectivity index (χ1n) is 6.18. The molecule has 0 unspecified atom stereocenters. The van der Waals surface area contributed by atoms with Crippen molar-refractivity contribution in [3.8, 4) is 16.9 Å². The number of hydrogen-bond donors (Lipinski definition) is 2. The lowest BCUT2D eigenvalue weighted by Crippen LogP contribution is -1.90. The van der Waals surface area contributed by atoms with E-state index in [-0.39, 0.29) is 6.61 Å². The van der Waals surface area contributed by atoms with Crippen molar-refractivity contribution >= 4 is 11.9 Å². The highest BCUT2D eigenvalue weighted by molar-refractivity contribution is 7.97. The summed E-state index contributed by atoms with van der Waals surface area (Å²) < 4.78 is 5.62. The number of nitrogens with two attached hydrogens (primary N) is 1. The molecule has 0 atom stereocenters. The van der Waals surface area contributed by atoms with Crippen LogP contribution in [0.1, 0.15) is 11.1 Å². The first-order valence-corrected chi connectivity index (χ1v) is 7.06. The van der Waals surface area contributed by atoms with Crippen LogP contribution in [0.15, 0.2) is 41.3 Å². The van der Waals surface area contributed by atoms with Crippen molar-refractivity contribution < 1.29 is 9.84 Å². The minimum Gasteiger partial charge on any atom is -0.492 e. The van der Waals surface area contributed by atoms with Gasteiger partial charge in [0.1, 0.15) is 5.75 Å². The highest BCUT2D eigenvalue weighted by Crippen LogP contribution is 2.38. The Bertz CT molecular complexity index is 613. The van der Waals surface area contributed by atoms with Crippen LogP contribution in [-0.4, -0.2) is 11.7 Å². The predicted octanol–water partition coefficient (Wildman–Crippen LogP) is 2.75. The fraction of sp³-hybridized carbons (Fsp3) is 0.200. The van der Waals surface area contributed by atoms with E-state index in [0.29, 0.717) is 0 Å². The molecule has 0 saturated heterocycles. The summed E-state index contributed by atoms with van der Waals surface area (Å²) in [5.74, 6) is 0.926. The van der Waals surface area contributed by atoms with Crippen LogP contribution in [0, 0.1) is 0 Å². The molecule has 0 radical (unpaired) electrons. The summed E-state index contributed by atoms with van der Waals surface area (Å²) in [6.07, 6.45) is 0.927. The van der Waals surface area contributed by atoms with Crippen molar-refractivity contribution in [2.75, 3.05) is 6.61 Å². The van der Waals surface area contributed by atoms with Gasteiger partial charge in [-0.2, -0.15) is 0 Å². The first-order chi connectivity index (χ1) is 9.31. The zero-order chi connectivity index (χ0) is 13.2. The Morgan fingerprint density at radius 2 is 2.11 bits per heavy atom. The van der Waals surface area contributed by atoms with Crippen molar-refractivity contribution in [2.24, 2.45) is 5.14 Å². The number of hydrogen-bond acceptors (Lipinski definition) is 4. The van der Waals surface area contributed by atoms with Crippen molar-refractivity contribution in [1.29, 1.82) is 0 Å². The third-order valence-corrected chi connectivity index (χ3v) is 3.88. The van der Waals surface area contributed by atoms with E-state index >= 15 is 0 Å². The molecular weight excluding hydrogens is 258 g/mol. The molecule has 0 fully saturated rings. The average molecular weight is 273 g/mol. The zero-order valence-corrected chi connectivity index (χ0v) is 11.2. The van der Waals surface area contributed by atoms with Crippen LogP contribution >= 0.6 is 11.9 Å². The lowest BCUT2D eigenvalue weighted by Gasteiger charge is -2.10.